The van der Waals surface area contributed by atoms with Crippen LogP contribution in [0.2, 0.25) is 5.02 Å². The van der Waals surface area contributed by atoms with Crippen LogP contribution < -0.4 is 5.43 Å². The molecule has 102 valence electrons. The molecule has 21 heavy (non-hydrogen) atoms. The third kappa shape index (κ3) is 1.79. The number of pyridine rings is 1. The van der Waals surface area contributed by atoms with Crippen LogP contribution >= 0.6 is 27.5 Å². The van der Waals surface area contributed by atoms with Crippen LogP contribution in [0.3, 0.4) is 0 Å². The van der Waals surface area contributed by atoms with Crippen molar-refractivity contribution in [1.82, 2.24) is 4.98 Å². The zero-order chi connectivity index (χ0) is 14.6. The first-order valence-corrected chi connectivity index (χ1v) is 7.42. The molecule has 3 nitrogen and oxygen atoms in total. The number of aromatic nitrogens is 1. The Bertz CT molecular complexity index is 1090. The van der Waals surface area contributed by atoms with Gasteiger partial charge < -0.3 is 4.42 Å². The average Bonchev–Trinajstić information content (AvgIpc) is 2.49. The number of rotatable bonds is 0. The van der Waals surface area contributed by atoms with Gasteiger partial charge in [0.05, 0.1) is 15.8 Å². The highest BCUT2D eigenvalue weighted by molar-refractivity contribution is 9.10. The molecule has 0 saturated carbocycles. The molecule has 0 unspecified atom stereocenters. The molecular weight excluding hydrogens is 354 g/mol. The third-order valence-corrected chi connectivity index (χ3v) is 4.43. The molecule has 5 heteroatoms. The van der Waals surface area contributed by atoms with Crippen LogP contribution in [0.5, 0.6) is 0 Å². The van der Waals surface area contributed by atoms with Crippen LogP contribution in [0.25, 0.3) is 32.8 Å². The van der Waals surface area contributed by atoms with Crippen molar-refractivity contribution in [1.29, 1.82) is 0 Å². The van der Waals surface area contributed by atoms with Gasteiger partial charge in [-0.1, -0.05) is 17.7 Å². The molecule has 0 atom stereocenters. The number of hydrogen-bond acceptors (Lipinski definition) is 3. The van der Waals surface area contributed by atoms with Gasteiger partial charge in [0.15, 0.2) is 5.58 Å². The van der Waals surface area contributed by atoms with Crippen LogP contribution in [0.15, 0.2) is 56.3 Å². The summed E-state index contributed by atoms with van der Waals surface area (Å²) in [6, 6.07) is 10.7. The maximum atomic E-state index is 12.7. The molecule has 0 radical (unpaired) electrons. The van der Waals surface area contributed by atoms with E-state index in [4.69, 9.17) is 16.0 Å². The quantitative estimate of drug-likeness (QED) is 0.330. The first-order chi connectivity index (χ1) is 10.2. The second-order valence-corrected chi connectivity index (χ2v) is 5.94. The highest BCUT2D eigenvalue weighted by Gasteiger charge is 2.15. The van der Waals surface area contributed by atoms with Crippen molar-refractivity contribution >= 4 is 60.4 Å². The lowest BCUT2D eigenvalue weighted by Gasteiger charge is -2.06. The minimum absolute atomic E-state index is 0.117. The fourth-order valence-corrected chi connectivity index (χ4v) is 3.29. The summed E-state index contributed by atoms with van der Waals surface area (Å²) in [5.41, 5.74) is 1.47. The lowest BCUT2D eigenvalue weighted by molar-refractivity contribution is 0.662. The summed E-state index contributed by atoms with van der Waals surface area (Å²) in [6.07, 6.45) is 1.66. The zero-order valence-electron chi connectivity index (χ0n) is 10.6. The Hall–Kier alpha value is -1.91. The minimum Gasteiger partial charge on any atom is -0.453 e. The van der Waals surface area contributed by atoms with E-state index in [2.05, 4.69) is 20.9 Å². The second-order valence-electron chi connectivity index (χ2n) is 4.68. The van der Waals surface area contributed by atoms with Gasteiger partial charge in [-0.05, 0) is 46.3 Å². The van der Waals surface area contributed by atoms with Gasteiger partial charge in [-0.15, -0.1) is 0 Å². The maximum Gasteiger partial charge on any atom is 0.201 e. The summed E-state index contributed by atoms with van der Waals surface area (Å²) in [5, 5.41) is 2.20. The molecule has 4 aromatic rings. The minimum atomic E-state index is -0.117. The molecule has 4 rings (SSSR count). The predicted molar refractivity (Wildman–Crippen MR) is 88.0 cm³/mol. The molecule has 0 N–H and O–H groups in total. The lowest BCUT2D eigenvalue weighted by Crippen LogP contribution is -2.03. The van der Waals surface area contributed by atoms with Crippen molar-refractivity contribution in [2.75, 3.05) is 0 Å². The van der Waals surface area contributed by atoms with E-state index in [9.17, 15) is 4.79 Å². The van der Waals surface area contributed by atoms with Crippen molar-refractivity contribution < 1.29 is 4.42 Å². The van der Waals surface area contributed by atoms with Crippen molar-refractivity contribution in [2.24, 2.45) is 0 Å². The molecule has 0 aliphatic carbocycles. The van der Waals surface area contributed by atoms with E-state index in [1.54, 1.807) is 24.4 Å². The van der Waals surface area contributed by atoms with E-state index in [1.807, 2.05) is 18.2 Å². The van der Waals surface area contributed by atoms with Gasteiger partial charge in [-0.3, -0.25) is 9.78 Å². The maximum absolute atomic E-state index is 12.7. The summed E-state index contributed by atoms with van der Waals surface area (Å²) in [4.78, 5) is 17.0. The van der Waals surface area contributed by atoms with E-state index < -0.39 is 0 Å². The monoisotopic (exact) mass is 359 g/mol. The average molecular weight is 361 g/mol. The Balaban J connectivity index is 2.37. The van der Waals surface area contributed by atoms with Gasteiger partial charge in [-0.2, -0.15) is 0 Å². The largest absolute Gasteiger partial charge is 0.453 e. The van der Waals surface area contributed by atoms with E-state index in [0.717, 1.165) is 5.39 Å². The molecule has 0 aliphatic rings. The predicted octanol–water partition coefficient (Wildman–Crippen LogP) is 4.91. The van der Waals surface area contributed by atoms with Crippen LogP contribution in [-0.4, -0.2) is 4.98 Å². The first-order valence-electron chi connectivity index (χ1n) is 6.25. The molecule has 2 heterocycles. The second kappa shape index (κ2) is 4.55. The van der Waals surface area contributed by atoms with Crippen LogP contribution in [0.4, 0.5) is 0 Å². The fraction of sp³-hybridized carbons (Fsp3) is 0. The molecular formula is C16H7BrClNO2. The highest BCUT2D eigenvalue weighted by Crippen LogP contribution is 2.32. The van der Waals surface area contributed by atoms with Gasteiger partial charge in [-0.25, -0.2) is 0 Å². The number of nitrogens with zero attached hydrogens (tertiary/aromatic N) is 1. The fourth-order valence-electron chi connectivity index (χ4n) is 2.50. The van der Waals surface area contributed by atoms with Gasteiger partial charge in [0, 0.05) is 16.1 Å². The van der Waals surface area contributed by atoms with Crippen molar-refractivity contribution in [2.45, 2.75) is 0 Å². The molecule has 0 spiro atoms. The normalized spacial score (nSPS) is 11.5. The van der Waals surface area contributed by atoms with Gasteiger partial charge in [0.25, 0.3) is 0 Å². The SMILES string of the molecule is O=c1c2cc(Cl)c3cccnc3c2oc2cccc(Br)c12. The first kappa shape index (κ1) is 12.8. The summed E-state index contributed by atoms with van der Waals surface area (Å²) < 4.78 is 6.63. The van der Waals surface area contributed by atoms with Crippen LogP contribution in [-0.2, 0) is 0 Å². The standard InChI is InChI=1S/C16H7BrClNO2/c17-10-4-1-5-12-13(10)15(20)9-7-11(18)8-3-2-6-19-14(8)16(9)21-12/h1-7H. The Labute approximate surface area is 132 Å². The number of hydrogen-bond donors (Lipinski definition) is 0. The lowest BCUT2D eigenvalue weighted by atomic mass is 10.1. The Morgan fingerprint density at radius 3 is 2.86 bits per heavy atom. The Morgan fingerprint density at radius 2 is 2.00 bits per heavy atom. The summed E-state index contributed by atoms with van der Waals surface area (Å²) in [6.45, 7) is 0. The Morgan fingerprint density at radius 1 is 1.14 bits per heavy atom. The van der Waals surface area contributed by atoms with Crippen molar-refractivity contribution in [3.63, 3.8) is 0 Å². The molecule has 0 saturated heterocycles. The smallest absolute Gasteiger partial charge is 0.201 e. The van der Waals surface area contributed by atoms with Gasteiger partial charge in [0.2, 0.25) is 5.43 Å². The summed E-state index contributed by atoms with van der Waals surface area (Å²) in [7, 11) is 0. The van der Waals surface area contributed by atoms with Crippen LogP contribution in [0, 0.1) is 0 Å². The van der Waals surface area contributed by atoms with Gasteiger partial charge in [0.1, 0.15) is 11.1 Å². The van der Waals surface area contributed by atoms with E-state index in [1.165, 1.54) is 0 Å². The van der Waals surface area contributed by atoms with Gasteiger partial charge >= 0.3 is 0 Å². The molecule has 0 aliphatic heterocycles. The third-order valence-electron chi connectivity index (χ3n) is 3.45. The molecule has 2 aromatic heterocycles. The van der Waals surface area contributed by atoms with E-state index in [-0.39, 0.29) is 5.43 Å². The van der Waals surface area contributed by atoms with Crippen molar-refractivity contribution in [3.8, 4) is 0 Å². The number of benzene rings is 2. The molecule has 0 fully saturated rings. The summed E-state index contributed by atoms with van der Waals surface area (Å²) in [5.74, 6) is 0. The van der Waals surface area contributed by atoms with E-state index >= 15 is 0 Å². The van der Waals surface area contributed by atoms with Crippen LogP contribution in [0.1, 0.15) is 0 Å². The Kier molecular flexibility index (Phi) is 2.77. The highest BCUT2D eigenvalue weighted by atomic mass is 79.9. The summed E-state index contributed by atoms with van der Waals surface area (Å²) >= 11 is 9.66. The molecule has 2 aromatic carbocycles. The van der Waals surface area contributed by atoms with Crippen molar-refractivity contribution in [3.05, 3.63) is 62.3 Å². The van der Waals surface area contributed by atoms with E-state index in [0.29, 0.717) is 37.0 Å². The molecule has 0 amide bonds. The number of halogens is 2. The topological polar surface area (TPSA) is 43.1 Å². The number of fused-ring (bicyclic) bond motifs is 4. The zero-order valence-corrected chi connectivity index (χ0v) is 12.9. The molecule has 0 bridgehead atoms.